The smallest absolute Gasteiger partial charge is 0.194 e. The number of piperazine rings is 1. The summed E-state index contributed by atoms with van der Waals surface area (Å²) in [6.45, 7) is 9.13. The maximum Gasteiger partial charge on any atom is 0.194 e. The van der Waals surface area contributed by atoms with Gasteiger partial charge in [0.25, 0.3) is 0 Å². The molecule has 2 rings (SSSR count). The molecule has 0 amide bonds. The molecule has 0 saturated carbocycles. The summed E-state index contributed by atoms with van der Waals surface area (Å²) in [5.74, 6) is 0.955. The number of nitrogens with one attached hydrogen (secondary N) is 1. The van der Waals surface area contributed by atoms with E-state index >= 15 is 0 Å². The van der Waals surface area contributed by atoms with Crippen molar-refractivity contribution in [1.29, 1.82) is 0 Å². The first kappa shape index (κ1) is 19.8. The van der Waals surface area contributed by atoms with E-state index in [9.17, 15) is 0 Å². The van der Waals surface area contributed by atoms with Crippen LogP contribution < -0.4 is 10.2 Å². The zero-order chi connectivity index (χ0) is 17.9. The molecule has 0 bridgehead atoms. The van der Waals surface area contributed by atoms with Crippen LogP contribution in [0.4, 0.5) is 5.69 Å². The van der Waals surface area contributed by atoms with Crippen molar-refractivity contribution in [2.24, 2.45) is 4.99 Å². The van der Waals surface area contributed by atoms with E-state index in [1.807, 2.05) is 18.2 Å². The topological polar surface area (TPSA) is 49.3 Å². The van der Waals surface area contributed by atoms with Crippen LogP contribution in [0.1, 0.15) is 6.92 Å². The Morgan fingerprint density at radius 2 is 1.92 bits per heavy atom. The summed E-state index contributed by atoms with van der Waals surface area (Å²) in [6.07, 6.45) is 0. The molecule has 1 saturated heterocycles. The highest BCUT2D eigenvalue weighted by Gasteiger charge is 2.20. The zero-order valence-electron chi connectivity index (χ0n) is 15.2. The van der Waals surface area contributed by atoms with Gasteiger partial charge in [-0.15, -0.1) is 0 Å². The molecule has 1 aliphatic heterocycles. The normalized spacial score (nSPS) is 15.6. The van der Waals surface area contributed by atoms with Gasteiger partial charge in [-0.05, 0) is 19.1 Å². The van der Waals surface area contributed by atoms with Crippen molar-refractivity contribution in [2.45, 2.75) is 6.92 Å². The largest absolute Gasteiger partial charge is 0.382 e. The van der Waals surface area contributed by atoms with E-state index in [-0.39, 0.29) is 0 Å². The molecule has 0 aliphatic carbocycles. The Morgan fingerprint density at radius 1 is 1.16 bits per heavy atom. The summed E-state index contributed by atoms with van der Waals surface area (Å²) >= 11 is 6.31. The fourth-order valence-electron chi connectivity index (χ4n) is 2.75. The van der Waals surface area contributed by atoms with Crippen LogP contribution in [0.15, 0.2) is 29.3 Å². The second-order valence-electron chi connectivity index (χ2n) is 5.77. The lowest BCUT2D eigenvalue weighted by molar-refractivity contribution is 0.0747. The number of guanidine groups is 1. The second kappa shape index (κ2) is 11.2. The molecule has 1 fully saturated rings. The van der Waals surface area contributed by atoms with Gasteiger partial charge < -0.3 is 24.6 Å². The van der Waals surface area contributed by atoms with E-state index in [0.29, 0.717) is 26.4 Å². The molecular formula is C18H29ClN4O2. The van der Waals surface area contributed by atoms with E-state index in [2.05, 4.69) is 33.1 Å². The third-order valence-corrected chi connectivity index (χ3v) is 4.36. The summed E-state index contributed by atoms with van der Waals surface area (Å²) in [5.41, 5.74) is 1.11. The Balaban J connectivity index is 1.83. The highest BCUT2D eigenvalue weighted by atomic mass is 35.5. The molecule has 1 heterocycles. The minimum absolute atomic E-state index is 0.609. The quantitative estimate of drug-likeness (QED) is 0.432. The summed E-state index contributed by atoms with van der Waals surface area (Å²) in [7, 11) is 1.67. The molecule has 1 aromatic rings. The predicted molar refractivity (Wildman–Crippen MR) is 104 cm³/mol. The van der Waals surface area contributed by atoms with Crippen molar-refractivity contribution in [3.05, 3.63) is 29.3 Å². The van der Waals surface area contributed by atoms with Crippen molar-refractivity contribution < 1.29 is 9.47 Å². The standard InChI is InChI=1S/C18H29ClN4O2/c1-3-20-18(21-8-13-25-15-14-24-2)23-11-9-22(10-12-23)17-7-5-4-6-16(17)19/h4-7H,3,8-15H2,1-2H3,(H,20,21). The number of ether oxygens (including phenoxy) is 2. The average Bonchev–Trinajstić information content (AvgIpc) is 2.64. The van der Waals surface area contributed by atoms with Crippen molar-refractivity contribution in [3.8, 4) is 0 Å². The van der Waals surface area contributed by atoms with Gasteiger partial charge in [-0.25, -0.2) is 0 Å². The van der Waals surface area contributed by atoms with Crippen LogP contribution in [0, 0.1) is 0 Å². The molecule has 25 heavy (non-hydrogen) atoms. The maximum atomic E-state index is 6.31. The summed E-state index contributed by atoms with van der Waals surface area (Å²) < 4.78 is 10.4. The number of rotatable bonds is 8. The summed E-state index contributed by atoms with van der Waals surface area (Å²) in [4.78, 5) is 9.30. The zero-order valence-corrected chi connectivity index (χ0v) is 16.0. The highest BCUT2D eigenvalue weighted by Crippen LogP contribution is 2.25. The van der Waals surface area contributed by atoms with Crippen molar-refractivity contribution in [1.82, 2.24) is 10.2 Å². The van der Waals surface area contributed by atoms with Gasteiger partial charge in [-0.1, -0.05) is 23.7 Å². The summed E-state index contributed by atoms with van der Waals surface area (Å²) in [5, 5.41) is 4.18. The van der Waals surface area contributed by atoms with Crippen LogP contribution in [0.3, 0.4) is 0 Å². The van der Waals surface area contributed by atoms with Gasteiger partial charge in [0, 0.05) is 39.8 Å². The number of hydrogen-bond donors (Lipinski definition) is 1. The predicted octanol–water partition coefficient (Wildman–Crippen LogP) is 2.09. The Kier molecular flexibility index (Phi) is 8.86. The van der Waals surface area contributed by atoms with Crippen LogP contribution in [0.2, 0.25) is 5.02 Å². The molecule has 0 unspecified atom stereocenters. The van der Waals surface area contributed by atoms with Crippen molar-refractivity contribution in [3.63, 3.8) is 0 Å². The van der Waals surface area contributed by atoms with Crippen LogP contribution in [-0.4, -0.2) is 77.1 Å². The lowest BCUT2D eigenvalue weighted by atomic mass is 10.2. The maximum absolute atomic E-state index is 6.31. The molecule has 1 N–H and O–H groups in total. The molecule has 0 radical (unpaired) electrons. The molecule has 1 aliphatic rings. The molecule has 0 spiro atoms. The lowest BCUT2D eigenvalue weighted by Gasteiger charge is -2.38. The number of para-hydroxylation sites is 1. The molecule has 1 aromatic carbocycles. The Labute approximate surface area is 155 Å². The number of halogens is 1. The van der Waals surface area contributed by atoms with Gasteiger partial charge in [0.05, 0.1) is 37.1 Å². The SMILES string of the molecule is CCNC(=NCCOCCOC)N1CCN(c2ccccc2Cl)CC1. The van der Waals surface area contributed by atoms with E-state index in [1.165, 1.54) is 0 Å². The number of hydrogen-bond acceptors (Lipinski definition) is 4. The molecular weight excluding hydrogens is 340 g/mol. The third kappa shape index (κ3) is 6.38. The molecule has 0 atom stereocenters. The van der Waals surface area contributed by atoms with Gasteiger partial charge in [-0.3, -0.25) is 4.99 Å². The van der Waals surface area contributed by atoms with Gasteiger partial charge in [0.2, 0.25) is 0 Å². The fourth-order valence-corrected chi connectivity index (χ4v) is 3.01. The van der Waals surface area contributed by atoms with Gasteiger partial charge >= 0.3 is 0 Å². The number of methoxy groups -OCH3 is 1. The lowest BCUT2D eigenvalue weighted by Crippen LogP contribution is -2.52. The second-order valence-corrected chi connectivity index (χ2v) is 6.17. The van der Waals surface area contributed by atoms with Crippen molar-refractivity contribution >= 4 is 23.2 Å². The first-order valence-electron chi connectivity index (χ1n) is 8.85. The highest BCUT2D eigenvalue weighted by molar-refractivity contribution is 6.33. The van der Waals surface area contributed by atoms with Crippen LogP contribution in [0.5, 0.6) is 0 Å². The summed E-state index contributed by atoms with van der Waals surface area (Å²) in [6, 6.07) is 8.02. The Bertz CT molecular complexity index is 534. The van der Waals surface area contributed by atoms with E-state index < -0.39 is 0 Å². The van der Waals surface area contributed by atoms with E-state index in [1.54, 1.807) is 7.11 Å². The Hall–Kier alpha value is -1.50. The first-order valence-corrected chi connectivity index (χ1v) is 9.23. The number of benzene rings is 1. The molecule has 6 nitrogen and oxygen atoms in total. The van der Waals surface area contributed by atoms with Crippen molar-refractivity contribution in [2.75, 3.05) is 71.1 Å². The minimum Gasteiger partial charge on any atom is -0.382 e. The number of anilines is 1. The number of aliphatic imine (C=N–C) groups is 1. The molecule has 0 aromatic heterocycles. The Morgan fingerprint density at radius 3 is 2.60 bits per heavy atom. The number of nitrogens with zero attached hydrogens (tertiary/aromatic N) is 3. The third-order valence-electron chi connectivity index (χ3n) is 4.04. The van der Waals surface area contributed by atoms with E-state index in [4.69, 9.17) is 21.1 Å². The van der Waals surface area contributed by atoms with Gasteiger partial charge in [0.15, 0.2) is 5.96 Å². The monoisotopic (exact) mass is 368 g/mol. The average molecular weight is 369 g/mol. The van der Waals surface area contributed by atoms with Gasteiger partial charge in [-0.2, -0.15) is 0 Å². The van der Waals surface area contributed by atoms with Crippen LogP contribution in [-0.2, 0) is 9.47 Å². The fraction of sp³-hybridized carbons (Fsp3) is 0.611. The van der Waals surface area contributed by atoms with Gasteiger partial charge in [0.1, 0.15) is 0 Å². The molecule has 140 valence electrons. The minimum atomic E-state index is 0.609. The van der Waals surface area contributed by atoms with Crippen LogP contribution in [0.25, 0.3) is 0 Å². The first-order chi connectivity index (χ1) is 12.3. The molecule has 7 heteroatoms. The van der Waals surface area contributed by atoms with E-state index in [0.717, 1.165) is 49.4 Å². The van der Waals surface area contributed by atoms with Crippen LogP contribution >= 0.6 is 11.6 Å².